The quantitative estimate of drug-likeness (QED) is 0.188. The van der Waals surface area contributed by atoms with Gasteiger partial charge in [0, 0.05) is 0 Å². The standard InChI is InChI=1S/C21H47N2O4P/c1-5-6-7-8-9-10-11-12-13-14-15-16-21(24)20(22)19-27-28(25,26)18-17-23(2,3)4/h20-21,24H,5-19,22H2,1-4H3/t20-,21+/m0/s1. The van der Waals surface area contributed by atoms with Crippen molar-refractivity contribution in [2.24, 2.45) is 5.73 Å². The van der Waals surface area contributed by atoms with Crippen molar-refractivity contribution in [1.29, 1.82) is 0 Å². The molecule has 0 rings (SSSR count). The van der Waals surface area contributed by atoms with Crippen LogP contribution in [-0.4, -0.2) is 62.2 Å². The minimum Gasteiger partial charge on any atom is -0.778 e. The number of hydrogen-bond donors (Lipinski definition) is 2. The number of nitrogens with two attached hydrogens (primary N) is 1. The van der Waals surface area contributed by atoms with Crippen LogP contribution >= 0.6 is 7.60 Å². The van der Waals surface area contributed by atoms with Crippen LogP contribution in [0.3, 0.4) is 0 Å². The van der Waals surface area contributed by atoms with Gasteiger partial charge in [0.05, 0.1) is 52.6 Å². The summed E-state index contributed by atoms with van der Waals surface area (Å²) < 4.78 is 17.5. The van der Waals surface area contributed by atoms with E-state index in [1.54, 1.807) is 0 Å². The monoisotopic (exact) mass is 422 g/mol. The molecular weight excluding hydrogens is 375 g/mol. The molecule has 3 atom stereocenters. The normalized spacial score (nSPS) is 16.7. The van der Waals surface area contributed by atoms with Gasteiger partial charge in [0.1, 0.15) is 7.60 Å². The molecule has 0 aliphatic rings. The lowest BCUT2D eigenvalue weighted by Crippen LogP contribution is -2.40. The Bertz CT molecular complexity index is 416. The maximum Gasteiger partial charge on any atom is 0.140 e. The molecule has 0 heterocycles. The van der Waals surface area contributed by atoms with E-state index in [1.165, 1.54) is 57.8 Å². The Morgan fingerprint density at radius 2 is 1.43 bits per heavy atom. The highest BCUT2D eigenvalue weighted by Gasteiger charge is 2.20. The molecule has 28 heavy (non-hydrogen) atoms. The Labute approximate surface area is 174 Å². The number of rotatable bonds is 19. The molecule has 0 aromatic heterocycles. The molecule has 3 N–H and O–H groups in total. The maximum absolute atomic E-state index is 11.9. The summed E-state index contributed by atoms with van der Waals surface area (Å²) in [7, 11) is 1.90. The first-order valence-corrected chi connectivity index (χ1v) is 13.0. The lowest BCUT2D eigenvalue weighted by Gasteiger charge is -2.30. The van der Waals surface area contributed by atoms with E-state index in [9.17, 15) is 14.6 Å². The lowest BCUT2D eigenvalue weighted by atomic mass is 10.0. The average molecular weight is 423 g/mol. The van der Waals surface area contributed by atoms with Crippen LogP contribution in [0.5, 0.6) is 0 Å². The smallest absolute Gasteiger partial charge is 0.140 e. The van der Waals surface area contributed by atoms with Gasteiger partial charge in [-0.05, 0) is 6.42 Å². The van der Waals surface area contributed by atoms with E-state index < -0.39 is 19.7 Å². The minimum atomic E-state index is -3.90. The molecule has 0 saturated heterocycles. The van der Waals surface area contributed by atoms with Gasteiger partial charge in [0.2, 0.25) is 0 Å². The first-order chi connectivity index (χ1) is 13.1. The first-order valence-electron chi connectivity index (χ1n) is 11.3. The maximum atomic E-state index is 11.9. The molecule has 0 amide bonds. The molecule has 170 valence electrons. The summed E-state index contributed by atoms with van der Waals surface area (Å²) in [6.45, 7) is 2.58. The number of nitrogens with zero attached hydrogens (tertiary/aromatic N) is 1. The van der Waals surface area contributed by atoms with Crippen molar-refractivity contribution in [2.45, 2.75) is 96.1 Å². The fourth-order valence-electron chi connectivity index (χ4n) is 3.03. The van der Waals surface area contributed by atoms with Crippen LogP contribution < -0.4 is 10.6 Å². The number of aliphatic hydroxyl groups excluding tert-OH is 1. The number of quaternary nitrogens is 1. The van der Waals surface area contributed by atoms with E-state index in [1.807, 2.05) is 21.1 Å². The van der Waals surface area contributed by atoms with Gasteiger partial charge in [-0.15, -0.1) is 0 Å². The zero-order valence-corrected chi connectivity index (χ0v) is 19.8. The molecule has 0 fully saturated rings. The summed E-state index contributed by atoms with van der Waals surface area (Å²) >= 11 is 0. The Kier molecular flexibility index (Phi) is 15.8. The van der Waals surface area contributed by atoms with E-state index in [2.05, 4.69) is 6.92 Å². The second-order valence-electron chi connectivity index (χ2n) is 9.20. The third-order valence-electron chi connectivity index (χ3n) is 5.11. The van der Waals surface area contributed by atoms with Crippen LogP contribution in [0.15, 0.2) is 0 Å². The van der Waals surface area contributed by atoms with Crippen molar-refractivity contribution in [1.82, 2.24) is 0 Å². The zero-order chi connectivity index (χ0) is 21.5. The van der Waals surface area contributed by atoms with Gasteiger partial charge in [0.15, 0.2) is 0 Å². The van der Waals surface area contributed by atoms with Crippen LogP contribution in [0.1, 0.15) is 84.0 Å². The van der Waals surface area contributed by atoms with Crippen LogP contribution in [0.25, 0.3) is 0 Å². The summed E-state index contributed by atoms with van der Waals surface area (Å²) in [4.78, 5) is 11.9. The van der Waals surface area contributed by atoms with Crippen molar-refractivity contribution < 1.29 is 23.6 Å². The van der Waals surface area contributed by atoms with E-state index in [-0.39, 0.29) is 12.8 Å². The molecule has 1 unspecified atom stereocenters. The summed E-state index contributed by atoms with van der Waals surface area (Å²) in [5.41, 5.74) is 5.90. The predicted molar refractivity (Wildman–Crippen MR) is 116 cm³/mol. The van der Waals surface area contributed by atoms with E-state index >= 15 is 0 Å². The Hall–Kier alpha value is 0.0300. The van der Waals surface area contributed by atoms with Crippen molar-refractivity contribution >= 4 is 7.60 Å². The van der Waals surface area contributed by atoms with Crippen molar-refractivity contribution in [3.05, 3.63) is 0 Å². The summed E-state index contributed by atoms with van der Waals surface area (Å²) in [5.74, 6) is 0. The van der Waals surface area contributed by atoms with E-state index in [4.69, 9.17) is 10.3 Å². The number of unbranched alkanes of at least 4 members (excludes halogenated alkanes) is 10. The van der Waals surface area contributed by atoms with Gasteiger partial charge >= 0.3 is 0 Å². The predicted octanol–water partition coefficient (Wildman–Crippen LogP) is 3.65. The Balaban J connectivity index is 3.68. The van der Waals surface area contributed by atoms with E-state index in [0.29, 0.717) is 17.4 Å². The summed E-state index contributed by atoms with van der Waals surface area (Å²) in [6.07, 6.45) is 13.7. The number of aliphatic hydroxyl groups is 1. The molecule has 0 aliphatic heterocycles. The molecule has 0 radical (unpaired) electrons. The fourth-order valence-corrected chi connectivity index (χ4v) is 4.40. The SMILES string of the molecule is CCCCCCCCCCCCC[C@@H](O)[C@@H](N)COP(=O)([O-])CC[N+](C)(C)C. The van der Waals surface area contributed by atoms with Gasteiger partial charge in [-0.3, -0.25) is 0 Å². The summed E-state index contributed by atoms with van der Waals surface area (Å²) in [6, 6.07) is -0.658. The molecular formula is C21H47N2O4P. The molecule has 0 saturated carbocycles. The van der Waals surface area contributed by atoms with Gasteiger partial charge < -0.3 is 29.3 Å². The third kappa shape index (κ3) is 18.1. The number of hydrogen-bond acceptors (Lipinski definition) is 5. The fraction of sp³-hybridized carbons (Fsp3) is 1.00. The highest BCUT2D eigenvalue weighted by molar-refractivity contribution is 7.51. The van der Waals surface area contributed by atoms with Gasteiger partial charge in [-0.1, -0.05) is 77.6 Å². The molecule has 0 aromatic rings. The minimum absolute atomic E-state index is 0.0160. The van der Waals surface area contributed by atoms with Crippen molar-refractivity contribution in [2.75, 3.05) is 40.5 Å². The first kappa shape index (κ1) is 28.0. The van der Waals surface area contributed by atoms with Crippen molar-refractivity contribution in [3.63, 3.8) is 0 Å². The van der Waals surface area contributed by atoms with E-state index in [0.717, 1.165) is 12.8 Å². The van der Waals surface area contributed by atoms with Gasteiger partial charge in [-0.25, -0.2) is 0 Å². The second kappa shape index (κ2) is 15.8. The third-order valence-corrected chi connectivity index (χ3v) is 6.40. The highest BCUT2D eigenvalue weighted by Crippen LogP contribution is 2.36. The van der Waals surface area contributed by atoms with Crippen LogP contribution in [-0.2, 0) is 9.09 Å². The van der Waals surface area contributed by atoms with Gasteiger partial charge in [0.25, 0.3) is 0 Å². The van der Waals surface area contributed by atoms with Gasteiger partial charge in [-0.2, -0.15) is 0 Å². The Morgan fingerprint density at radius 3 is 1.89 bits per heavy atom. The lowest BCUT2D eigenvalue weighted by molar-refractivity contribution is -0.868. The molecule has 0 bridgehead atoms. The largest absolute Gasteiger partial charge is 0.778 e. The highest BCUT2D eigenvalue weighted by atomic mass is 31.2. The molecule has 0 aliphatic carbocycles. The average Bonchev–Trinajstić information content (AvgIpc) is 2.62. The van der Waals surface area contributed by atoms with Crippen molar-refractivity contribution in [3.8, 4) is 0 Å². The summed E-state index contributed by atoms with van der Waals surface area (Å²) in [5, 5.41) is 10.1. The van der Waals surface area contributed by atoms with Crippen LogP contribution in [0.2, 0.25) is 0 Å². The molecule has 0 aromatic carbocycles. The molecule has 0 spiro atoms. The van der Waals surface area contributed by atoms with Crippen LogP contribution in [0, 0.1) is 0 Å². The molecule has 6 nitrogen and oxygen atoms in total. The second-order valence-corrected chi connectivity index (χ2v) is 11.1. The zero-order valence-electron chi connectivity index (χ0n) is 18.9. The topological polar surface area (TPSA) is 95.6 Å². The molecule has 7 heteroatoms. The van der Waals surface area contributed by atoms with Crippen LogP contribution in [0.4, 0.5) is 0 Å². The Morgan fingerprint density at radius 1 is 0.964 bits per heavy atom.